The molecule has 0 spiro atoms. The average Bonchev–Trinajstić information content (AvgIpc) is 3.03. The summed E-state index contributed by atoms with van der Waals surface area (Å²) in [4.78, 5) is 53.3. The number of methoxy groups -OCH3 is 2. The van der Waals surface area contributed by atoms with Gasteiger partial charge >= 0.3 is 11.9 Å². The van der Waals surface area contributed by atoms with Crippen molar-refractivity contribution in [3.8, 4) is 34.1 Å². The molecular formula is C32H32O15. The van der Waals surface area contributed by atoms with Crippen molar-refractivity contribution in [1.29, 1.82) is 0 Å². The van der Waals surface area contributed by atoms with Crippen LogP contribution in [-0.2, 0) is 23.9 Å². The standard InChI is InChI=1S/C32H32O15/c1-11-9-15(33)21-24(37)19-16(46-30(21,25(11)38)28(41)44-3)7-5-13(22(19)35)14-6-8-17-20(23(14)36)27(40)31(43)18(34)10-12(2)26(39)32(31,47-17)29(42)45-4/h5-8,11-12,18,25-26,34-39,43H,9-10H2,1-4H3/t11-,12-,18-,25+,26-,30+,31-,32+/m0/s1. The van der Waals surface area contributed by atoms with Crippen molar-refractivity contribution >= 4 is 29.3 Å². The summed E-state index contributed by atoms with van der Waals surface area (Å²) in [6.45, 7) is 2.97. The maximum Gasteiger partial charge on any atom is 0.358 e. The first-order valence-corrected chi connectivity index (χ1v) is 14.6. The molecule has 0 aromatic heterocycles. The molecule has 0 amide bonds. The molecule has 15 nitrogen and oxygen atoms in total. The highest BCUT2D eigenvalue weighted by Gasteiger charge is 2.76. The zero-order chi connectivity index (χ0) is 34.5. The lowest BCUT2D eigenvalue weighted by atomic mass is 9.60. The van der Waals surface area contributed by atoms with E-state index in [1.54, 1.807) is 0 Å². The van der Waals surface area contributed by atoms with Gasteiger partial charge in [0.2, 0.25) is 11.4 Å². The summed E-state index contributed by atoms with van der Waals surface area (Å²) in [5.41, 5.74) is -10.7. The van der Waals surface area contributed by atoms with Crippen LogP contribution in [0.4, 0.5) is 0 Å². The number of aliphatic hydroxyl groups excluding tert-OH is 4. The molecule has 2 aliphatic carbocycles. The van der Waals surface area contributed by atoms with Gasteiger partial charge in [-0.15, -0.1) is 0 Å². The highest BCUT2D eigenvalue weighted by atomic mass is 16.6. The predicted molar refractivity (Wildman–Crippen MR) is 155 cm³/mol. The fourth-order valence-corrected chi connectivity index (χ4v) is 7.41. The molecule has 2 aromatic carbocycles. The zero-order valence-corrected chi connectivity index (χ0v) is 25.5. The fourth-order valence-electron chi connectivity index (χ4n) is 7.41. The van der Waals surface area contributed by atoms with Crippen LogP contribution in [0.3, 0.4) is 0 Å². The molecule has 2 fully saturated rings. The molecule has 250 valence electrons. The lowest BCUT2D eigenvalue weighted by Gasteiger charge is -2.55. The van der Waals surface area contributed by atoms with Gasteiger partial charge in [0.05, 0.1) is 25.9 Å². The molecule has 15 heteroatoms. The maximum atomic E-state index is 14.0. The van der Waals surface area contributed by atoms with Crippen LogP contribution >= 0.6 is 0 Å². The van der Waals surface area contributed by atoms with Crippen molar-refractivity contribution in [3.05, 3.63) is 41.0 Å². The second-order valence-corrected chi connectivity index (χ2v) is 12.4. The Morgan fingerprint density at radius 2 is 1.36 bits per heavy atom. The summed E-state index contributed by atoms with van der Waals surface area (Å²) in [5.74, 6) is -9.64. The highest BCUT2D eigenvalue weighted by molar-refractivity contribution is 6.15. The number of fused-ring (bicyclic) bond motifs is 4. The molecule has 2 aliphatic heterocycles. The Balaban J connectivity index is 1.54. The van der Waals surface area contributed by atoms with E-state index in [1.807, 2.05) is 0 Å². The Hall–Kier alpha value is -4.70. The third kappa shape index (κ3) is 3.76. The molecule has 0 unspecified atom stereocenters. The van der Waals surface area contributed by atoms with E-state index in [-0.39, 0.29) is 29.7 Å². The van der Waals surface area contributed by atoms with E-state index in [0.717, 1.165) is 26.4 Å². The van der Waals surface area contributed by atoms with Crippen LogP contribution in [0.1, 0.15) is 42.6 Å². The Bertz CT molecular complexity index is 1800. The minimum atomic E-state index is -3.12. The van der Waals surface area contributed by atoms with Gasteiger partial charge in [0.15, 0.2) is 5.78 Å². The molecule has 0 radical (unpaired) electrons. The van der Waals surface area contributed by atoms with E-state index in [9.17, 15) is 54.9 Å². The number of rotatable bonds is 3. The third-order valence-corrected chi connectivity index (χ3v) is 9.85. The topological polar surface area (TPSA) is 247 Å². The fraction of sp³-hybridized carbons (Fsp3) is 0.438. The van der Waals surface area contributed by atoms with Crippen molar-refractivity contribution in [1.82, 2.24) is 0 Å². The van der Waals surface area contributed by atoms with Gasteiger partial charge in [-0.05, 0) is 42.5 Å². The highest BCUT2D eigenvalue weighted by Crippen LogP contribution is 2.56. The van der Waals surface area contributed by atoms with Crippen LogP contribution in [0.15, 0.2) is 29.8 Å². The van der Waals surface area contributed by atoms with E-state index >= 15 is 0 Å². The number of ketones is 2. The number of esters is 2. The number of benzene rings is 2. The molecule has 0 saturated heterocycles. The molecule has 47 heavy (non-hydrogen) atoms. The monoisotopic (exact) mass is 656 g/mol. The molecular weight excluding hydrogens is 624 g/mol. The minimum Gasteiger partial charge on any atom is -0.506 e. The first-order chi connectivity index (χ1) is 22.1. The van der Waals surface area contributed by atoms with Gasteiger partial charge in [0.1, 0.15) is 52.1 Å². The summed E-state index contributed by atoms with van der Waals surface area (Å²) in [6.07, 6.45) is -6.02. The zero-order valence-electron chi connectivity index (χ0n) is 25.5. The van der Waals surface area contributed by atoms with Gasteiger partial charge in [0, 0.05) is 17.5 Å². The van der Waals surface area contributed by atoms with Gasteiger partial charge in [-0.25, -0.2) is 9.59 Å². The predicted octanol–water partition coefficient (Wildman–Crippen LogP) is 0.287. The van der Waals surface area contributed by atoms with Crippen LogP contribution in [0.25, 0.3) is 16.9 Å². The van der Waals surface area contributed by atoms with Crippen LogP contribution in [-0.4, -0.2) is 109 Å². The Kier molecular flexibility index (Phi) is 7.14. The number of hydrogen-bond donors (Lipinski definition) is 7. The number of aromatic hydroxyl groups is 2. The van der Waals surface area contributed by atoms with Crippen LogP contribution in [0.5, 0.6) is 23.0 Å². The SMILES string of the molecule is COC(=O)[C@@]12Oc3ccc(-c4ccc5c(c4O)C(=O)[C@@]4(O)[C@@H](O)C[C@H](C)[C@H](O)[C@]4(C(=O)OC)O5)c(O)c3C(O)=C1C(=O)C[C@H](C)[C@H]2O. The first kappa shape index (κ1) is 32.2. The van der Waals surface area contributed by atoms with Crippen LogP contribution in [0, 0.1) is 11.8 Å². The quantitative estimate of drug-likeness (QED) is 0.219. The summed E-state index contributed by atoms with van der Waals surface area (Å²) in [7, 11) is 1.94. The smallest absolute Gasteiger partial charge is 0.358 e. The number of aliphatic hydroxyl groups is 5. The number of carbonyl (C=O) groups is 4. The average molecular weight is 657 g/mol. The van der Waals surface area contributed by atoms with Crippen molar-refractivity contribution in [2.24, 2.45) is 11.8 Å². The van der Waals surface area contributed by atoms with Gasteiger partial charge in [-0.3, -0.25) is 9.59 Å². The van der Waals surface area contributed by atoms with E-state index in [1.165, 1.54) is 26.0 Å². The van der Waals surface area contributed by atoms with Gasteiger partial charge < -0.3 is 54.7 Å². The number of carbonyl (C=O) groups excluding carboxylic acids is 4. The second kappa shape index (κ2) is 10.4. The van der Waals surface area contributed by atoms with E-state index < -0.39 is 110 Å². The minimum absolute atomic E-state index is 0.245. The van der Waals surface area contributed by atoms with E-state index in [2.05, 4.69) is 0 Å². The lowest BCUT2D eigenvalue weighted by Crippen LogP contribution is -2.81. The van der Waals surface area contributed by atoms with Gasteiger partial charge in [-0.1, -0.05) is 13.8 Å². The Labute approximate surface area is 266 Å². The summed E-state index contributed by atoms with van der Waals surface area (Å²) >= 11 is 0. The van der Waals surface area contributed by atoms with Gasteiger partial charge in [-0.2, -0.15) is 0 Å². The normalized spacial score (nSPS) is 34.2. The van der Waals surface area contributed by atoms with Crippen molar-refractivity contribution in [2.75, 3.05) is 14.2 Å². The van der Waals surface area contributed by atoms with Crippen LogP contribution < -0.4 is 9.47 Å². The lowest BCUT2D eigenvalue weighted by molar-refractivity contribution is -0.249. The number of ether oxygens (including phenoxy) is 4. The van der Waals surface area contributed by atoms with Gasteiger partial charge in [0.25, 0.3) is 11.2 Å². The molecule has 2 saturated carbocycles. The first-order valence-electron chi connectivity index (χ1n) is 14.6. The number of phenols is 2. The number of hydrogen-bond acceptors (Lipinski definition) is 15. The summed E-state index contributed by atoms with van der Waals surface area (Å²) in [6, 6.07) is 4.64. The molecule has 7 N–H and O–H groups in total. The summed E-state index contributed by atoms with van der Waals surface area (Å²) < 4.78 is 21.3. The molecule has 8 atom stereocenters. The number of Topliss-reactive ketones (excluding diaryl/α,β-unsaturated/α-hetero) is 2. The van der Waals surface area contributed by atoms with Crippen LogP contribution in [0.2, 0.25) is 0 Å². The number of phenolic OH excluding ortho intramolecular Hbond substituents is 2. The van der Waals surface area contributed by atoms with E-state index in [0.29, 0.717) is 0 Å². The van der Waals surface area contributed by atoms with Crippen molar-refractivity contribution in [3.63, 3.8) is 0 Å². The molecule has 2 aromatic rings. The van der Waals surface area contributed by atoms with Crippen molar-refractivity contribution in [2.45, 2.75) is 61.8 Å². The largest absolute Gasteiger partial charge is 0.506 e. The Morgan fingerprint density at radius 1 is 0.809 bits per heavy atom. The summed E-state index contributed by atoms with van der Waals surface area (Å²) in [5, 5.41) is 79.0. The Morgan fingerprint density at radius 3 is 1.94 bits per heavy atom. The molecule has 4 aliphatic rings. The van der Waals surface area contributed by atoms with Crippen molar-refractivity contribution < 1.29 is 73.9 Å². The third-order valence-electron chi connectivity index (χ3n) is 9.85. The second-order valence-electron chi connectivity index (χ2n) is 12.4. The molecule has 6 rings (SSSR count). The molecule has 2 heterocycles. The molecule has 0 bridgehead atoms. The van der Waals surface area contributed by atoms with E-state index in [4.69, 9.17) is 18.9 Å². The maximum absolute atomic E-state index is 14.0.